The van der Waals surface area contributed by atoms with Gasteiger partial charge in [0.05, 0.1) is 22.8 Å². The second kappa shape index (κ2) is 8.57. The van der Waals surface area contributed by atoms with Crippen molar-refractivity contribution in [3.8, 4) is 0 Å². The highest BCUT2D eigenvalue weighted by molar-refractivity contribution is 8.18. The summed E-state index contributed by atoms with van der Waals surface area (Å²) >= 11 is 0.909. The molecule has 3 rings (SSSR count). The number of para-hydroxylation sites is 1. The molecule has 0 spiro atoms. The molecule has 2 aromatic carbocycles. The van der Waals surface area contributed by atoms with E-state index in [1.807, 2.05) is 0 Å². The zero-order valence-electron chi connectivity index (χ0n) is 15.2. The first-order valence-corrected chi connectivity index (χ1v) is 9.43. The standard InChI is InChI=1S/C21H16F3NO3S/c1-2-28-20(27)17-18(26)16(29-19(17)25-14-9-4-3-5-10-14)12-13-8-6-7-11-15(13)21(22,23)24/h3-12,26H,2H2,1H3/b16-12-,25-19?. The van der Waals surface area contributed by atoms with Gasteiger partial charge in [-0.15, -0.1) is 0 Å². The van der Waals surface area contributed by atoms with Crippen molar-refractivity contribution >= 4 is 34.5 Å². The van der Waals surface area contributed by atoms with Crippen molar-refractivity contribution in [1.82, 2.24) is 0 Å². The van der Waals surface area contributed by atoms with Crippen LogP contribution < -0.4 is 0 Å². The van der Waals surface area contributed by atoms with Crippen LogP contribution in [0.1, 0.15) is 18.1 Å². The predicted octanol–water partition coefficient (Wildman–Crippen LogP) is 5.90. The minimum atomic E-state index is -4.55. The van der Waals surface area contributed by atoms with Crippen LogP contribution in [0.15, 0.2) is 75.8 Å². The number of esters is 1. The lowest BCUT2D eigenvalue weighted by atomic mass is 10.1. The van der Waals surface area contributed by atoms with Gasteiger partial charge in [0.25, 0.3) is 0 Å². The maximum Gasteiger partial charge on any atom is 0.416 e. The lowest BCUT2D eigenvalue weighted by Crippen LogP contribution is -2.12. The van der Waals surface area contributed by atoms with Crippen molar-refractivity contribution in [2.24, 2.45) is 4.99 Å². The molecule has 0 fully saturated rings. The molecule has 2 aromatic rings. The van der Waals surface area contributed by atoms with Crippen molar-refractivity contribution in [2.45, 2.75) is 13.1 Å². The molecule has 0 aliphatic carbocycles. The van der Waals surface area contributed by atoms with Crippen molar-refractivity contribution in [2.75, 3.05) is 6.61 Å². The fourth-order valence-corrected chi connectivity index (χ4v) is 3.66. The molecular formula is C21H16F3NO3S. The predicted molar refractivity (Wildman–Crippen MR) is 107 cm³/mol. The number of aliphatic imine (C=N–C) groups is 1. The van der Waals surface area contributed by atoms with E-state index in [1.54, 1.807) is 37.3 Å². The topological polar surface area (TPSA) is 58.9 Å². The zero-order chi connectivity index (χ0) is 21.0. The minimum Gasteiger partial charge on any atom is -0.506 e. The summed E-state index contributed by atoms with van der Waals surface area (Å²) in [7, 11) is 0. The van der Waals surface area contributed by atoms with Crippen molar-refractivity contribution < 1.29 is 27.8 Å². The van der Waals surface area contributed by atoms with Gasteiger partial charge in [0.1, 0.15) is 16.4 Å². The summed E-state index contributed by atoms with van der Waals surface area (Å²) < 4.78 is 44.8. The van der Waals surface area contributed by atoms with E-state index in [9.17, 15) is 23.1 Å². The van der Waals surface area contributed by atoms with Crippen molar-refractivity contribution in [3.63, 3.8) is 0 Å². The Hall–Kier alpha value is -3.00. The van der Waals surface area contributed by atoms with E-state index in [4.69, 9.17) is 4.74 Å². The summed E-state index contributed by atoms with van der Waals surface area (Å²) in [5.41, 5.74) is -0.608. The van der Waals surface area contributed by atoms with Crippen LogP contribution in [0.5, 0.6) is 0 Å². The number of benzene rings is 2. The first kappa shape index (κ1) is 20.7. The average molecular weight is 419 g/mol. The second-order valence-corrected chi connectivity index (χ2v) is 6.92. The SMILES string of the molecule is CCOC(=O)C1=C(O)/C(=C/c2ccccc2C(F)(F)F)SC1=Nc1ccccc1. The van der Waals surface area contributed by atoms with E-state index in [2.05, 4.69) is 4.99 Å². The van der Waals surface area contributed by atoms with Gasteiger partial charge in [-0.3, -0.25) is 0 Å². The number of hydrogen-bond donors (Lipinski definition) is 1. The Bertz CT molecular complexity index is 1010. The largest absolute Gasteiger partial charge is 0.506 e. The van der Waals surface area contributed by atoms with Gasteiger partial charge in [0.2, 0.25) is 0 Å². The lowest BCUT2D eigenvalue weighted by Gasteiger charge is -2.10. The Kier molecular flexibility index (Phi) is 6.12. The van der Waals surface area contributed by atoms with E-state index in [0.717, 1.165) is 17.8 Å². The molecule has 4 nitrogen and oxygen atoms in total. The summed E-state index contributed by atoms with van der Waals surface area (Å²) in [6.45, 7) is 1.69. The minimum absolute atomic E-state index is 0.0782. The van der Waals surface area contributed by atoms with E-state index in [1.165, 1.54) is 24.3 Å². The fourth-order valence-electron chi connectivity index (χ4n) is 2.63. The monoisotopic (exact) mass is 419 g/mol. The van der Waals surface area contributed by atoms with Gasteiger partial charge in [-0.05, 0) is 36.8 Å². The quantitative estimate of drug-likeness (QED) is 0.627. The van der Waals surface area contributed by atoms with Crippen LogP contribution >= 0.6 is 11.8 Å². The number of thioether (sulfide) groups is 1. The van der Waals surface area contributed by atoms with Crippen molar-refractivity contribution in [3.05, 3.63) is 82.0 Å². The van der Waals surface area contributed by atoms with E-state index < -0.39 is 23.5 Å². The number of hydrogen-bond acceptors (Lipinski definition) is 5. The third-order valence-corrected chi connectivity index (χ3v) is 4.93. The molecule has 0 atom stereocenters. The molecule has 1 aliphatic heterocycles. The molecule has 0 amide bonds. The van der Waals surface area contributed by atoms with Crippen LogP contribution in [-0.2, 0) is 15.7 Å². The van der Waals surface area contributed by atoms with Crippen LogP contribution in [0.4, 0.5) is 18.9 Å². The van der Waals surface area contributed by atoms with Crippen LogP contribution in [0.2, 0.25) is 0 Å². The third kappa shape index (κ3) is 4.71. The average Bonchev–Trinajstić information content (AvgIpc) is 2.97. The summed E-state index contributed by atoms with van der Waals surface area (Å²) in [5, 5.41) is 10.7. The van der Waals surface area contributed by atoms with Gasteiger partial charge in [-0.1, -0.05) is 48.2 Å². The van der Waals surface area contributed by atoms with E-state index in [-0.39, 0.29) is 27.7 Å². The molecule has 0 saturated heterocycles. The third-order valence-electron chi connectivity index (χ3n) is 3.91. The van der Waals surface area contributed by atoms with Crippen molar-refractivity contribution in [1.29, 1.82) is 0 Å². The Morgan fingerprint density at radius 3 is 2.45 bits per heavy atom. The van der Waals surface area contributed by atoms with Crippen LogP contribution in [0, 0.1) is 0 Å². The highest BCUT2D eigenvalue weighted by Crippen LogP contribution is 2.41. The Balaban J connectivity index is 2.09. The maximum atomic E-state index is 13.3. The molecule has 0 unspecified atom stereocenters. The van der Waals surface area contributed by atoms with Gasteiger partial charge in [0, 0.05) is 0 Å². The number of nitrogens with zero attached hydrogens (tertiary/aromatic N) is 1. The number of ether oxygens (including phenoxy) is 1. The van der Waals surface area contributed by atoms with Crippen LogP contribution in [0.25, 0.3) is 6.08 Å². The number of alkyl halides is 3. The maximum absolute atomic E-state index is 13.3. The highest BCUT2D eigenvalue weighted by atomic mass is 32.2. The van der Waals surface area contributed by atoms with Gasteiger partial charge in [-0.25, -0.2) is 9.79 Å². The smallest absolute Gasteiger partial charge is 0.416 e. The van der Waals surface area contributed by atoms with Gasteiger partial charge in [0.15, 0.2) is 0 Å². The molecule has 1 aliphatic rings. The van der Waals surface area contributed by atoms with E-state index >= 15 is 0 Å². The van der Waals surface area contributed by atoms with Crippen LogP contribution in [-0.4, -0.2) is 22.7 Å². The first-order chi connectivity index (χ1) is 13.8. The molecule has 1 heterocycles. The molecule has 8 heteroatoms. The molecule has 0 aromatic heterocycles. The lowest BCUT2D eigenvalue weighted by molar-refractivity contribution is -0.138. The van der Waals surface area contributed by atoms with Gasteiger partial charge >= 0.3 is 12.1 Å². The summed E-state index contributed by atoms with van der Waals surface area (Å²) in [5.74, 6) is -1.25. The number of halogens is 3. The molecule has 29 heavy (non-hydrogen) atoms. The molecular weight excluding hydrogens is 403 g/mol. The zero-order valence-corrected chi connectivity index (χ0v) is 16.1. The number of carbonyl (C=O) groups excluding carboxylic acids is 1. The normalized spacial score (nSPS) is 17.2. The molecule has 0 saturated carbocycles. The molecule has 150 valence electrons. The van der Waals surface area contributed by atoms with E-state index in [0.29, 0.717) is 5.69 Å². The van der Waals surface area contributed by atoms with Gasteiger partial charge in [-0.2, -0.15) is 13.2 Å². The number of aliphatic hydroxyl groups excluding tert-OH is 1. The molecule has 0 radical (unpaired) electrons. The number of carbonyl (C=O) groups is 1. The Labute approximate surface area is 169 Å². The Morgan fingerprint density at radius 1 is 1.14 bits per heavy atom. The second-order valence-electron chi connectivity index (χ2n) is 5.89. The molecule has 1 N–H and O–H groups in total. The number of rotatable bonds is 4. The Morgan fingerprint density at radius 2 is 1.79 bits per heavy atom. The first-order valence-electron chi connectivity index (χ1n) is 8.62. The fraction of sp³-hybridized carbons (Fsp3) is 0.143. The molecule has 0 bridgehead atoms. The summed E-state index contributed by atoms with van der Waals surface area (Å²) in [6, 6.07) is 13.7. The summed E-state index contributed by atoms with van der Waals surface area (Å²) in [6.07, 6.45) is -3.36. The van der Waals surface area contributed by atoms with Gasteiger partial charge < -0.3 is 9.84 Å². The number of aliphatic hydroxyl groups is 1. The van der Waals surface area contributed by atoms with Crippen LogP contribution in [0.3, 0.4) is 0 Å². The summed E-state index contributed by atoms with van der Waals surface area (Å²) in [4.78, 5) is 16.8. The highest BCUT2D eigenvalue weighted by Gasteiger charge is 2.35.